The zero-order valence-corrected chi connectivity index (χ0v) is 17.2. The molecule has 27 heavy (non-hydrogen) atoms. The fraction of sp³-hybridized carbons (Fsp3) is 0.619. The van der Waals surface area contributed by atoms with Gasteiger partial charge in [0.05, 0.1) is 0 Å². The van der Waals surface area contributed by atoms with Crippen molar-refractivity contribution in [2.45, 2.75) is 59.2 Å². The van der Waals surface area contributed by atoms with E-state index >= 15 is 0 Å². The van der Waals surface area contributed by atoms with Crippen LogP contribution in [0.2, 0.25) is 5.02 Å². The third-order valence-electron chi connectivity index (χ3n) is 5.03. The molecule has 4 unspecified atom stereocenters. The van der Waals surface area contributed by atoms with Crippen molar-refractivity contribution in [2.75, 3.05) is 6.61 Å². The summed E-state index contributed by atoms with van der Waals surface area (Å²) >= 11 is 5.82. The van der Waals surface area contributed by atoms with Gasteiger partial charge in [-0.05, 0) is 61.8 Å². The van der Waals surface area contributed by atoms with Gasteiger partial charge in [-0.2, -0.15) is 0 Å². The Labute approximate surface area is 166 Å². The molecule has 4 atom stereocenters. The van der Waals surface area contributed by atoms with Gasteiger partial charge in [0.1, 0.15) is 11.9 Å². The lowest BCUT2D eigenvalue weighted by atomic mass is 9.75. The number of halogens is 1. The molecule has 1 saturated carbocycles. The second-order valence-electron chi connectivity index (χ2n) is 7.68. The van der Waals surface area contributed by atoms with E-state index in [1.165, 1.54) is 0 Å². The molecule has 2 rings (SSSR count). The lowest BCUT2D eigenvalue weighted by Gasteiger charge is -2.36. The van der Waals surface area contributed by atoms with Crippen molar-refractivity contribution in [1.82, 2.24) is 0 Å². The van der Waals surface area contributed by atoms with Crippen LogP contribution in [0.25, 0.3) is 0 Å². The highest BCUT2D eigenvalue weighted by Crippen LogP contribution is 2.35. The van der Waals surface area contributed by atoms with Crippen LogP contribution in [-0.2, 0) is 19.1 Å². The molecular weight excluding hydrogens is 368 g/mol. The van der Waals surface area contributed by atoms with Gasteiger partial charge < -0.3 is 14.2 Å². The molecule has 0 amide bonds. The minimum Gasteiger partial charge on any atom is -0.479 e. The number of ether oxygens (including phenoxy) is 3. The number of hydrogen-bond donors (Lipinski definition) is 0. The molecule has 150 valence electrons. The molecule has 1 aromatic rings. The number of carbonyl (C=O) groups is 2. The summed E-state index contributed by atoms with van der Waals surface area (Å²) in [5.74, 6) is 0.723. The summed E-state index contributed by atoms with van der Waals surface area (Å²) in [5.41, 5.74) is 0. The van der Waals surface area contributed by atoms with Crippen LogP contribution in [0.1, 0.15) is 47.0 Å². The Kier molecular flexibility index (Phi) is 7.96. The van der Waals surface area contributed by atoms with Crippen molar-refractivity contribution < 1.29 is 23.8 Å². The smallest absolute Gasteiger partial charge is 0.347 e. The Balaban J connectivity index is 1.79. The molecule has 0 heterocycles. The van der Waals surface area contributed by atoms with Crippen molar-refractivity contribution in [3.63, 3.8) is 0 Å². The first-order chi connectivity index (χ1) is 12.8. The van der Waals surface area contributed by atoms with E-state index < -0.39 is 24.6 Å². The van der Waals surface area contributed by atoms with Gasteiger partial charge in [0, 0.05) is 5.02 Å². The Morgan fingerprint density at radius 2 is 1.81 bits per heavy atom. The molecule has 6 heteroatoms. The third kappa shape index (κ3) is 6.73. The average molecular weight is 397 g/mol. The average Bonchev–Trinajstić information content (AvgIpc) is 2.61. The molecule has 0 radical (unpaired) electrons. The first kappa shape index (κ1) is 21.5. The van der Waals surface area contributed by atoms with Crippen molar-refractivity contribution in [2.24, 2.45) is 17.8 Å². The normalized spacial score (nSPS) is 23.6. The standard InChI is InChI=1S/C21H29ClO5/c1-13(2)18-10-5-14(3)11-19(18)27-20(23)12-25-21(24)15(4)26-17-8-6-16(22)7-9-17/h6-9,13-15,18-19H,5,10-12H2,1-4H3. The number of rotatable bonds is 7. The molecule has 1 fully saturated rings. The summed E-state index contributed by atoms with van der Waals surface area (Å²) in [7, 11) is 0. The fourth-order valence-electron chi connectivity index (χ4n) is 3.47. The Morgan fingerprint density at radius 1 is 1.15 bits per heavy atom. The number of carbonyl (C=O) groups excluding carboxylic acids is 2. The lowest BCUT2D eigenvalue weighted by Crippen LogP contribution is -2.37. The second kappa shape index (κ2) is 9.98. The molecule has 0 bridgehead atoms. The maximum Gasteiger partial charge on any atom is 0.347 e. The van der Waals surface area contributed by atoms with Crippen LogP contribution in [0.3, 0.4) is 0 Å². The van der Waals surface area contributed by atoms with Crippen LogP contribution in [0.15, 0.2) is 24.3 Å². The quantitative estimate of drug-likeness (QED) is 0.627. The molecule has 0 aromatic heterocycles. The number of hydrogen-bond acceptors (Lipinski definition) is 5. The van der Waals surface area contributed by atoms with Crippen LogP contribution in [-0.4, -0.2) is 30.8 Å². The van der Waals surface area contributed by atoms with Crippen molar-refractivity contribution in [3.05, 3.63) is 29.3 Å². The predicted molar refractivity (Wildman–Crippen MR) is 104 cm³/mol. The molecule has 5 nitrogen and oxygen atoms in total. The van der Waals surface area contributed by atoms with Crippen LogP contribution in [0.5, 0.6) is 5.75 Å². The largest absolute Gasteiger partial charge is 0.479 e. The molecule has 0 spiro atoms. The Morgan fingerprint density at radius 3 is 2.44 bits per heavy atom. The van der Waals surface area contributed by atoms with Gasteiger partial charge >= 0.3 is 11.9 Å². The second-order valence-corrected chi connectivity index (χ2v) is 8.11. The highest BCUT2D eigenvalue weighted by atomic mass is 35.5. The van der Waals surface area contributed by atoms with Gasteiger partial charge in [-0.25, -0.2) is 9.59 Å². The van der Waals surface area contributed by atoms with E-state index in [0.717, 1.165) is 19.3 Å². The monoisotopic (exact) mass is 396 g/mol. The van der Waals surface area contributed by atoms with Gasteiger partial charge in [-0.3, -0.25) is 0 Å². The summed E-state index contributed by atoms with van der Waals surface area (Å²) < 4.78 is 16.2. The molecule has 0 saturated heterocycles. The van der Waals surface area contributed by atoms with Gasteiger partial charge in [-0.15, -0.1) is 0 Å². The van der Waals surface area contributed by atoms with Crippen molar-refractivity contribution >= 4 is 23.5 Å². The molecule has 0 N–H and O–H groups in total. The highest BCUT2D eigenvalue weighted by Gasteiger charge is 2.33. The zero-order chi connectivity index (χ0) is 20.0. The van der Waals surface area contributed by atoms with E-state index in [2.05, 4.69) is 20.8 Å². The minimum atomic E-state index is -0.836. The van der Waals surface area contributed by atoms with E-state index in [0.29, 0.717) is 28.5 Å². The summed E-state index contributed by atoms with van der Waals surface area (Å²) in [6.07, 6.45) is 2.13. The Bertz CT molecular complexity index is 628. The molecule has 0 aliphatic heterocycles. The summed E-state index contributed by atoms with van der Waals surface area (Å²) in [6.45, 7) is 7.64. The van der Waals surface area contributed by atoms with Crippen LogP contribution in [0, 0.1) is 17.8 Å². The number of benzene rings is 1. The SMILES string of the molecule is CC1CCC(C(C)C)C(OC(=O)COC(=O)C(C)Oc2ccc(Cl)cc2)C1. The van der Waals surface area contributed by atoms with Gasteiger partial charge in [0.15, 0.2) is 12.7 Å². The molecule has 1 aromatic carbocycles. The van der Waals surface area contributed by atoms with Crippen molar-refractivity contribution in [1.29, 1.82) is 0 Å². The lowest BCUT2D eigenvalue weighted by molar-refractivity contribution is -0.169. The van der Waals surface area contributed by atoms with Crippen molar-refractivity contribution in [3.8, 4) is 5.75 Å². The zero-order valence-electron chi connectivity index (χ0n) is 16.4. The number of esters is 2. The first-order valence-electron chi connectivity index (χ1n) is 9.54. The van der Waals surface area contributed by atoms with E-state index in [1.54, 1.807) is 31.2 Å². The minimum absolute atomic E-state index is 0.109. The third-order valence-corrected chi connectivity index (χ3v) is 5.29. The predicted octanol–water partition coefficient (Wildman–Crippen LogP) is 4.65. The van der Waals surface area contributed by atoms with Gasteiger partial charge in [0.2, 0.25) is 0 Å². The maximum atomic E-state index is 12.2. The van der Waals surface area contributed by atoms with E-state index in [9.17, 15) is 9.59 Å². The van der Waals surface area contributed by atoms with Gasteiger partial charge in [0.25, 0.3) is 0 Å². The topological polar surface area (TPSA) is 61.8 Å². The molecule has 1 aliphatic rings. The Hall–Kier alpha value is -1.75. The van der Waals surface area contributed by atoms with Crippen LogP contribution < -0.4 is 4.74 Å². The highest BCUT2D eigenvalue weighted by molar-refractivity contribution is 6.30. The van der Waals surface area contributed by atoms with Crippen LogP contribution in [0.4, 0.5) is 0 Å². The summed E-state index contributed by atoms with van der Waals surface area (Å²) in [4.78, 5) is 24.2. The van der Waals surface area contributed by atoms with E-state index in [4.69, 9.17) is 25.8 Å². The maximum absolute atomic E-state index is 12.2. The molecular formula is C21H29ClO5. The first-order valence-corrected chi connectivity index (χ1v) is 9.92. The van der Waals surface area contributed by atoms with E-state index in [1.807, 2.05) is 0 Å². The van der Waals surface area contributed by atoms with Crippen LogP contribution >= 0.6 is 11.6 Å². The summed E-state index contributed by atoms with van der Waals surface area (Å²) in [5, 5.41) is 0.581. The van der Waals surface area contributed by atoms with Gasteiger partial charge in [-0.1, -0.05) is 38.8 Å². The molecule has 1 aliphatic carbocycles. The summed E-state index contributed by atoms with van der Waals surface area (Å²) in [6, 6.07) is 6.67. The van der Waals surface area contributed by atoms with E-state index in [-0.39, 0.29) is 6.10 Å². The fourth-order valence-corrected chi connectivity index (χ4v) is 3.59.